The predicted octanol–water partition coefficient (Wildman–Crippen LogP) is 0.790. The molecule has 1 atom stereocenters. The highest BCUT2D eigenvalue weighted by Gasteiger charge is 1.98. The lowest BCUT2D eigenvalue weighted by molar-refractivity contribution is -0.116. The zero-order valence-corrected chi connectivity index (χ0v) is 7.93. The first-order chi connectivity index (χ1) is 6.68. The summed E-state index contributed by atoms with van der Waals surface area (Å²) in [5, 5.41) is 11.4. The number of hydrogen-bond acceptors (Lipinski definition) is 3. The highest BCUT2D eigenvalue weighted by atomic mass is 16.3. The molecule has 0 radical (unpaired) electrons. The van der Waals surface area contributed by atoms with Gasteiger partial charge in [0.1, 0.15) is 5.76 Å². The van der Waals surface area contributed by atoms with Crippen molar-refractivity contribution in [2.75, 3.05) is 6.54 Å². The van der Waals surface area contributed by atoms with Crippen molar-refractivity contribution in [3.8, 4) is 0 Å². The number of aliphatic hydroxyl groups is 1. The number of carbonyl (C=O) groups is 1. The van der Waals surface area contributed by atoms with Crippen LogP contribution in [0.3, 0.4) is 0 Å². The Labute approximate surface area is 82.2 Å². The molecule has 4 heteroatoms. The van der Waals surface area contributed by atoms with E-state index in [9.17, 15) is 4.79 Å². The second-order valence-electron chi connectivity index (χ2n) is 2.94. The number of rotatable bonds is 4. The van der Waals surface area contributed by atoms with E-state index in [0.717, 1.165) is 0 Å². The molecule has 0 unspecified atom stereocenters. The average molecular weight is 195 g/mol. The highest BCUT2D eigenvalue weighted by molar-refractivity contribution is 5.91. The summed E-state index contributed by atoms with van der Waals surface area (Å²) in [6.07, 6.45) is 3.93. The molecule has 0 spiro atoms. The van der Waals surface area contributed by atoms with Crippen LogP contribution in [-0.2, 0) is 4.79 Å². The van der Waals surface area contributed by atoms with Crippen LogP contribution in [0.15, 0.2) is 28.9 Å². The Morgan fingerprint density at radius 2 is 2.57 bits per heavy atom. The molecule has 1 amide bonds. The van der Waals surface area contributed by atoms with Crippen molar-refractivity contribution in [2.24, 2.45) is 0 Å². The zero-order valence-electron chi connectivity index (χ0n) is 7.93. The average Bonchev–Trinajstić information content (AvgIpc) is 2.63. The predicted molar refractivity (Wildman–Crippen MR) is 52.4 cm³/mol. The zero-order chi connectivity index (χ0) is 10.4. The molecule has 1 aromatic rings. The standard InChI is InChI=1S/C10H13NO3/c1-8(12)7-11-10(13)5-4-9-3-2-6-14-9/h2-6,8,12H,7H2,1H3,(H,11,13)/b5-4+/t8-/m1/s1. The lowest BCUT2D eigenvalue weighted by Gasteiger charge is -2.03. The minimum absolute atomic E-state index is 0.248. The van der Waals surface area contributed by atoms with Gasteiger partial charge in [-0.3, -0.25) is 4.79 Å². The number of amides is 1. The van der Waals surface area contributed by atoms with E-state index in [-0.39, 0.29) is 12.5 Å². The van der Waals surface area contributed by atoms with Gasteiger partial charge in [0.05, 0.1) is 12.4 Å². The van der Waals surface area contributed by atoms with Crippen LogP contribution in [0, 0.1) is 0 Å². The molecule has 0 saturated carbocycles. The van der Waals surface area contributed by atoms with Crippen LogP contribution in [0.5, 0.6) is 0 Å². The molecule has 4 nitrogen and oxygen atoms in total. The van der Waals surface area contributed by atoms with Gasteiger partial charge >= 0.3 is 0 Å². The molecule has 1 aromatic heterocycles. The lowest BCUT2D eigenvalue weighted by atomic mass is 10.3. The van der Waals surface area contributed by atoms with Crippen molar-refractivity contribution in [1.82, 2.24) is 5.32 Å². The summed E-state index contributed by atoms with van der Waals surface area (Å²) in [6.45, 7) is 1.86. The van der Waals surface area contributed by atoms with Gasteiger partial charge in [-0.2, -0.15) is 0 Å². The molecule has 0 aromatic carbocycles. The molecule has 1 rings (SSSR count). The molecule has 0 saturated heterocycles. The maximum absolute atomic E-state index is 11.1. The number of nitrogens with one attached hydrogen (secondary N) is 1. The molecule has 0 aliphatic carbocycles. The third-order valence-corrected chi connectivity index (χ3v) is 1.51. The quantitative estimate of drug-likeness (QED) is 0.698. The van der Waals surface area contributed by atoms with Gasteiger partial charge in [0.15, 0.2) is 0 Å². The molecular weight excluding hydrogens is 182 g/mol. The van der Waals surface area contributed by atoms with E-state index in [1.54, 1.807) is 25.1 Å². The summed E-state index contributed by atoms with van der Waals surface area (Å²) < 4.78 is 4.99. The number of hydrogen-bond donors (Lipinski definition) is 2. The second-order valence-corrected chi connectivity index (χ2v) is 2.94. The smallest absolute Gasteiger partial charge is 0.244 e. The van der Waals surface area contributed by atoms with Crippen LogP contribution in [0.4, 0.5) is 0 Å². The van der Waals surface area contributed by atoms with Crippen LogP contribution in [0.2, 0.25) is 0 Å². The molecule has 0 aliphatic rings. The molecule has 0 fully saturated rings. The van der Waals surface area contributed by atoms with Gasteiger partial charge in [0.2, 0.25) is 5.91 Å². The Balaban J connectivity index is 2.34. The fourth-order valence-corrected chi connectivity index (χ4v) is 0.851. The Morgan fingerprint density at radius 3 is 3.14 bits per heavy atom. The summed E-state index contributed by atoms with van der Waals surface area (Å²) in [5.41, 5.74) is 0. The number of furan rings is 1. The van der Waals surface area contributed by atoms with Gasteiger partial charge in [0, 0.05) is 12.6 Å². The van der Waals surface area contributed by atoms with E-state index in [1.807, 2.05) is 0 Å². The topological polar surface area (TPSA) is 62.5 Å². The summed E-state index contributed by atoms with van der Waals surface area (Å²) in [4.78, 5) is 11.1. The van der Waals surface area contributed by atoms with Crippen LogP contribution >= 0.6 is 0 Å². The van der Waals surface area contributed by atoms with Gasteiger partial charge in [0.25, 0.3) is 0 Å². The molecular formula is C10H13NO3. The minimum Gasteiger partial charge on any atom is -0.465 e. The van der Waals surface area contributed by atoms with Crippen molar-refractivity contribution in [3.63, 3.8) is 0 Å². The van der Waals surface area contributed by atoms with Crippen molar-refractivity contribution in [1.29, 1.82) is 0 Å². The van der Waals surface area contributed by atoms with E-state index in [2.05, 4.69) is 5.32 Å². The fraction of sp³-hybridized carbons (Fsp3) is 0.300. The van der Waals surface area contributed by atoms with E-state index < -0.39 is 6.10 Å². The van der Waals surface area contributed by atoms with Crippen molar-refractivity contribution in [2.45, 2.75) is 13.0 Å². The Kier molecular flexibility index (Phi) is 3.94. The summed E-state index contributed by atoms with van der Waals surface area (Å²) in [7, 11) is 0. The third-order valence-electron chi connectivity index (χ3n) is 1.51. The summed E-state index contributed by atoms with van der Waals surface area (Å²) in [5.74, 6) is 0.375. The Bertz CT molecular complexity index is 301. The van der Waals surface area contributed by atoms with Gasteiger partial charge in [-0.25, -0.2) is 0 Å². The molecule has 76 valence electrons. The van der Waals surface area contributed by atoms with Gasteiger partial charge < -0.3 is 14.8 Å². The highest BCUT2D eigenvalue weighted by Crippen LogP contribution is 2.01. The first-order valence-electron chi connectivity index (χ1n) is 4.36. The van der Waals surface area contributed by atoms with Crippen LogP contribution in [0.25, 0.3) is 6.08 Å². The monoisotopic (exact) mass is 195 g/mol. The maximum Gasteiger partial charge on any atom is 0.244 e. The number of carbonyl (C=O) groups excluding carboxylic acids is 1. The number of aliphatic hydroxyl groups excluding tert-OH is 1. The van der Waals surface area contributed by atoms with Crippen molar-refractivity contribution >= 4 is 12.0 Å². The van der Waals surface area contributed by atoms with Crippen LogP contribution in [-0.4, -0.2) is 23.7 Å². The summed E-state index contributed by atoms with van der Waals surface area (Å²) in [6, 6.07) is 3.49. The van der Waals surface area contributed by atoms with E-state index in [0.29, 0.717) is 5.76 Å². The van der Waals surface area contributed by atoms with E-state index in [1.165, 1.54) is 12.3 Å². The molecule has 2 N–H and O–H groups in total. The lowest BCUT2D eigenvalue weighted by Crippen LogP contribution is -2.28. The van der Waals surface area contributed by atoms with Crippen LogP contribution in [0.1, 0.15) is 12.7 Å². The van der Waals surface area contributed by atoms with Gasteiger partial charge in [-0.1, -0.05) is 0 Å². The van der Waals surface area contributed by atoms with Crippen molar-refractivity contribution < 1.29 is 14.3 Å². The van der Waals surface area contributed by atoms with Gasteiger partial charge in [-0.15, -0.1) is 0 Å². The molecule has 14 heavy (non-hydrogen) atoms. The normalized spacial score (nSPS) is 13.0. The van der Waals surface area contributed by atoms with Crippen molar-refractivity contribution in [3.05, 3.63) is 30.2 Å². The summed E-state index contributed by atoms with van der Waals surface area (Å²) >= 11 is 0. The van der Waals surface area contributed by atoms with E-state index >= 15 is 0 Å². The van der Waals surface area contributed by atoms with Gasteiger partial charge in [-0.05, 0) is 25.1 Å². The Morgan fingerprint density at radius 1 is 1.79 bits per heavy atom. The molecule has 0 aliphatic heterocycles. The van der Waals surface area contributed by atoms with E-state index in [4.69, 9.17) is 9.52 Å². The maximum atomic E-state index is 11.1. The van der Waals surface area contributed by atoms with Crippen LogP contribution < -0.4 is 5.32 Å². The first-order valence-corrected chi connectivity index (χ1v) is 4.36. The third kappa shape index (κ3) is 3.91. The largest absolute Gasteiger partial charge is 0.465 e. The fourth-order valence-electron chi connectivity index (χ4n) is 0.851. The minimum atomic E-state index is -0.532. The Hall–Kier alpha value is -1.55. The molecule has 0 bridgehead atoms. The second kappa shape index (κ2) is 5.24. The SMILES string of the molecule is C[C@@H](O)CNC(=O)/C=C/c1ccco1. The molecule has 1 heterocycles. The first kappa shape index (κ1) is 10.5.